The van der Waals surface area contributed by atoms with Gasteiger partial charge in [-0.05, 0) is 18.8 Å². The van der Waals surface area contributed by atoms with Crippen molar-refractivity contribution in [3.63, 3.8) is 0 Å². The van der Waals surface area contributed by atoms with Gasteiger partial charge in [0.25, 0.3) is 0 Å². The SMILES string of the molecule is C=C1[C@H]2C(=O)O[C@@H](C3CCCCC3)[C@@H]12. The lowest BCUT2D eigenvalue weighted by molar-refractivity contribution is -0.146. The number of esters is 1. The molecule has 0 aromatic rings. The second-order valence-electron chi connectivity index (χ2n) is 4.88. The third kappa shape index (κ3) is 1.06. The van der Waals surface area contributed by atoms with E-state index in [0.717, 1.165) is 5.57 Å². The molecule has 0 amide bonds. The Balaban J connectivity index is 1.73. The van der Waals surface area contributed by atoms with E-state index in [0.29, 0.717) is 11.8 Å². The Kier molecular flexibility index (Phi) is 1.73. The highest BCUT2D eigenvalue weighted by molar-refractivity contribution is 5.85. The minimum atomic E-state index is -0.00410. The number of rotatable bonds is 1. The molecule has 3 rings (SSSR count). The van der Waals surface area contributed by atoms with Crippen molar-refractivity contribution in [1.29, 1.82) is 0 Å². The van der Waals surface area contributed by atoms with Gasteiger partial charge in [-0.3, -0.25) is 4.79 Å². The molecule has 0 aromatic carbocycles. The van der Waals surface area contributed by atoms with E-state index in [9.17, 15) is 4.79 Å². The van der Waals surface area contributed by atoms with Crippen molar-refractivity contribution >= 4 is 5.97 Å². The maximum absolute atomic E-state index is 11.4. The van der Waals surface area contributed by atoms with Crippen molar-refractivity contribution in [2.24, 2.45) is 17.8 Å². The maximum atomic E-state index is 11.4. The van der Waals surface area contributed by atoms with Crippen LogP contribution in [-0.4, -0.2) is 12.1 Å². The van der Waals surface area contributed by atoms with Gasteiger partial charge in [-0.2, -0.15) is 0 Å². The smallest absolute Gasteiger partial charge is 0.314 e. The highest BCUT2D eigenvalue weighted by Crippen LogP contribution is 2.56. The van der Waals surface area contributed by atoms with Crippen molar-refractivity contribution in [3.8, 4) is 0 Å². The number of hydrogen-bond acceptors (Lipinski definition) is 2. The normalized spacial score (nSPS) is 42.1. The molecule has 0 N–H and O–H groups in total. The number of cyclic esters (lactones) is 1. The van der Waals surface area contributed by atoms with E-state index in [1.807, 2.05) is 0 Å². The summed E-state index contributed by atoms with van der Waals surface area (Å²) in [5.74, 6) is 1.10. The molecule has 0 aromatic heterocycles. The fourth-order valence-electron chi connectivity index (χ4n) is 3.17. The van der Waals surface area contributed by atoms with Crippen molar-refractivity contribution in [2.45, 2.75) is 38.2 Å². The van der Waals surface area contributed by atoms with E-state index in [1.54, 1.807) is 0 Å². The molecule has 0 spiro atoms. The van der Waals surface area contributed by atoms with Crippen LogP contribution in [-0.2, 0) is 9.53 Å². The van der Waals surface area contributed by atoms with Crippen LogP contribution in [0.25, 0.3) is 0 Å². The molecule has 1 heterocycles. The lowest BCUT2D eigenvalue weighted by Crippen LogP contribution is -2.26. The van der Waals surface area contributed by atoms with Crippen LogP contribution in [0.4, 0.5) is 0 Å². The molecule has 76 valence electrons. The van der Waals surface area contributed by atoms with Gasteiger partial charge in [0, 0.05) is 5.92 Å². The summed E-state index contributed by atoms with van der Waals surface area (Å²) in [6, 6.07) is 0. The van der Waals surface area contributed by atoms with Crippen LogP contribution in [0.3, 0.4) is 0 Å². The van der Waals surface area contributed by atoms with Crippen molar-refractivity contribution in [3.05, 3.63) is 12.2 Å². The molecule has 0 radical (unpaired) electrons. The highest BCUT2D eigenvalue weighted by atomic mass is 16.6. The summed E-state index contributed by atoms with van der Waals surface area (Å²) in [6.07, 6.45) is 6.65. The molecule has 3 atom stereocenters. The number of fused-ring (bicyclic) bond motifs is 1. The van der Waals surface area contributed by atoms with Crippen LogP contribution in [0, 0.1) is 17.8 Å². The van der Waals surface area contributed by atoms with Gasteiger partial charge in [0.2, 0.25) is 0 Å². The molecule has 3 aliphatic rings. The zero-order chi connectivity index (χ0) is 9.71. The molecule has 14 heavy (non-hydrogen) atoms. The fourth-order valence-corrected chi connectivity index (χ4v) is 3.17. The molecule has 0 bridgehead atoms. The Labute approximate surface area is 84.3 Å². The van der Waals surface area contributed by atoms with E-state index < -0.39 is 0 Å². The van der Waals surface area contributed by atoms with Crippen LogP contribution in [0.2, 0.25) is 0 Å². The molecule has 2 saturated carbocycles. The Morgan fingerprint density at radius 2 is 1.93 bits per heavy atom. The second-order valence-corrected chi connectivity index (χ2v) is 4.88. The van der Waals surface area contributed by atoms with Crippen LogP contribution < -0.4 is 0 Å². The average Bonchev–Trinajstić information content (AvgIpc) is 2.72. The number of carbonyl (C=O) groups excluding carboxylic acids is 1. The quantitative estimate of drug-likeness (QED) is 0.470. The van der Waals surface area contributed by atoms with Gasteiger partial charge < -0.3 is 4.74 Å². The molecular formula is C12H16O2. The van der Waals surface area contributed by atoms with Gasteiger partial charge in [0.05, 0.1) is 5.92 Å². The summed E-state index contributed by atoms with van der Waals surface area (Å²) in [7, 11) is 0. The van der Waals surface area contributed by atoms with Gasteiger partial charge in [-0.25, -0.2) is 0 Å². The summed E-state index contributed by atoms with van der Waals surface area (Å²) in [5, 5.41) is 0. The first-order valence-corrected chi connectivity index (χ1v) is 5.68. The summed E-state index contributed by atoms with van der Waals surface area (Å²) >= 11 is 0. The van der Waals surface area contributed by atoms with E-state index >= 15 is 0 Å². The van der Waals surface area contributed by atoms with E-state index in [1.165, 1.54) is 32.1 Å². The van der Waals surface area contributed by atoms with E-state index in [2.05, 4.69) is 6.58 Å². The molecule has 2 aliphatic carbocycles. The number of ether oxygens (including phenoxy) is 1. The van der Waals surface area contributed by atoms with Crippen molar-refractivity contribution in [2.75, 3.05) is 0 Å². The Bertz CT molecular complexity index is 289. The molecule has 1 saturated heterocycles. The standard InChI is InChI=1S/C12H16O2/c1-7-9-10(7)12(13)14-11(9)8-5-3-2-4-6-8/h8-11H,1-6H2/t9-,10+,11-/m0/s1. The summed E-state index contributed by atoms with van der Waals surface area (Å²) < 4.78 is 5.43. The Hall–Kier alpha value is -0.790. The topological polar surface area (TPSA) is 26.3 Å². The van der Waals surface area contributed by atoms with Gasteiger partial charge in [0.1, 0.15) is 6.10 Å². The molecule has 1 aliphatic heterocycles. The third-order valence-electron chi connectivity index (χ3n) is 4.05. The first-order chi connectivity index (χ1) is 6.79. The van der Waals surface area contributed by atoms with Gasteiger partial charge in [-0.1, -0.05) is 31.4 Å². The molecule has 3 fully saturated rings. The summed E-state index contributed by atoms with van der Waals surface area (Å²) in [5.41, 5.74) is 1.14. The number of hydrogen-bond donors (Lipinski definition) is 0. The zero-order valence-corrected chi connectivity index (χ0v) is 8.37. The molecule has 2 heteroatoms. The molecule has 2 nitrogen and oxygen atoms in total. The summed E-state index contributed by atoms with van der Waals surface area (Å²) in [6.45, 7) is 3.95. The van der Waals surface area contributed by atoms with Crippen LogP contribution in [0.1, 0.15) is 32.1 Å². The molecular weight excluding hydrogens is 176 g/mol. The fraction of sp³-hybridized carbons (Fsp3) is 0.750. The lowest BCUT2D eigenvalue weighted by Gasteiger charge is -2.27. The Morgan fingerprint density at radius 3 is 2.50 bits per heavy atom. The summed E-state index contributed by atoms with van der Waals surface area (Å²) in [4.78, 5) is 11.4. The predicted octanol–water partition coefficient (Wildman–Crippen LogP) is 2.29. The van der Waals surface area contributed by atoms with Crippen molar-refractivity contribution < 1.29 is 9.53 Å². The van der Waals surface area contributed by atoms with Crippen molar-refractivity contribution in [1.82, 2.24) is 0 Å². The van der Waals surface area contributed by atoms with Gasteiger partial charge in [-0.15, -0.1) is 0 Å². The first-order valence-electron chi connectivity index (χ1n) is 5.68. The van der Waals surface area contributed by atoms with E-state index in [4.69, 9.17) is 4.74 Å². The number of carbonyl (C=O) groups is 1. The van der Waals surface area contributed by atoms with Crippen LogP contribution in [0.15, 0.2) is 12.2 Å². The van der Waals surface area contributed by atoms with Gasteiger partial charge >= 0.3 is 5.97 Å². The minimum Gasteiger partial charge on any atom is -0.461 e. The zero-order valence-electron chi connectivity index (χ0n) is 8.37. The van der Waals surface area contributed by atoms with Crippen LogP contribution >= 0.6 is 0 Å². The largest absolute Gasteiger partial charge is 0.461 e. The van der Waals surface area contributed by atoms with Gasteiger partial charge in [0.15, 0.2) is 0 Å². The second kappa shape index (κ2) is 2.85. The maximum Gasteiger partial charge on any atom is 0.314 e. The third-order valence-corrected chi connectivity index (χ3v) is 4.05. The van der Waals surface area contributed by atoms with Crippen LogP contribution in [0.5, 0.6) is 0 Å². The first kappa shape index (κ1) is 8.51. The molecule has 0 unspecified atom stereocenters. The van der Waals surface area contributed by atoms with E-state index in [-0.39, 0.29) is 18.0 Å². The lowest BCUT2D eigenvalue weighted by atomic mass is 9.83. The Morgan fingerprint density at radius 1 is 1.21 bits per heavy atom. The average molecular weight is 192 g/mol. The monoisotopic (exact) mass is 192 g/mol. The predicted molar refractivity (Wildman–Crippen MR) is 52.6 cm³/mol. The highest BCUT2D eigenvalue weighted by Gasteiger charge is 2.61. The minimum absolute atomic E-state index is 0.00410.